The van der Waals surface area contributed by atoms with Crippen molar-refractivity contribution in [2.24, 2.45) is 0 Å². The van der Waals surface area contributed by atoms with Crippen LogP contribution in [0.5, 0.6) is 0 Å². The minimum atomic E-state index is -0.614. The van der Waals surface area contributed by atoms with E-state index in [1.165, 1.54) is 0 Å². The zero-order valence-electron chi connectivity index (χ0n) is 18.7. The Bertz CT molecular complexity index is 943. The molecule has 1 fully saturated rings. The highest BCUT2D eigenvalue weighted by atomic mass is 35.5. The molecule has 0 aliphatic carbocycles. The van der Waals surface area contributed by atoms with Crippen LogP contribution in [0.25, 0.3) is 6.08 Å². The molecule has 2 aromatic rings. The molecule has 0 radical (unpaired) electrons. The Morgan fingerprint density at radius 3 is 2.35 bits per heavy atom. The summed E-state index contributed by atoms with van der Waals surface area (Å²) in [6, 6.07) is 15.4. The Labute approximate surface area is 189 Å². The van der Waals surface area contributed by atoms with E-state index in [9.17, 15) is 4.79 Å². The molecule has 3 rings (SSSR count). The van der Waals surface area contributed by atoms with Gasteiger partial charge in [-0.15, -0.1) is 0 Å². The Morgan fingerprint density at radius 1 is 1.10 bits per heavy atom. The number of hydrogen-bond donors (Lipinski definition) is 1. The van der Waals surface area contributed by atoms with E-state index in [1.807, 2.05) is 89.2 Å². The van der Waals surface area contributed by atoms with E-state index in [4.69, 9.17) is 25.6 Å². The molecule has 1 saturated heterocycles. The number of carbonyl (C=O) groups excluding carboxylic acids is 1. The van der Waals surface area contributed by atoms with Gasteiger partial charge in [0.25, 0.3) is 0 Å². The van der Waals surface area contributed by atoms with Crippen molar-refractivity contribution in [1.29, 1.82) is 0 Å². The predicted octanol–water partition coefficient (Wildman–Crippen LogP) is 5.59. The standard InChI is InChI=1S/C24H29BClNO4/c1-17-11-12-19(21(26)13-17)14-20(25-30-23(2,3)24(4,5)31-25)15-27-22(28)29-16-18-9-7-6-8-10-18/h6-14H,15-16H2,1-5H3,(H,27,28). The smallest absolute Gasteiger partial charge is 0.445 e. The van der Waals surface area contributed by atoms with Gasteiger partial charge in [0, 0.05) is 11.6 Å². The maximum absolute atomic E-state index is 12.3. The summed E-state index contributed by atoms with van der Waals surface area (Å²) in [6.45, 7) is 10.4. The first kappa shape index (κ1) is 23.4. The van der Waals surface area contributed by atoms with E-state index < -0.39 is 24.4 Å². The van der Waals surface area contributed by atoms with E-state index in [-0.39, 0.29) is 13.2 Å². The Kier molecular flexibility index (Phi) is 7.15. The zero-order valence-corrected chi connectivity index (χ0v) is 19.5. The van der Waals surface area contributed by atoms with Crippen LogP contribution in [0.1, 0.15) is 44.4 Å². The average Bonchev–Trinajstić information content (AvgIpc) is 2.93. The number of amides is 1. The summed E-state index contributed by atoms with van der Waals surface area (Å²) in [7, 11) is -0.614. The maximum atomic E-state index is 12.3. The van der Waals surface area contributed by atoms with Gasteiger partial charge in [-0.3, -0.25) is 0 Å². The second-order valence-corrected chi connectivity index (χ2v) is 9.15. The molecule has 1 aliphatic rings. The lowest BCUT2D eigenvalue weighted by molar-refractivity contribution is 0.00578. The Balaban J connectivity index is 1.74. The van der Waals surface area contributed by atoms with Crippen LogP contribution in [0.2, 0.25) is 5.02 Å². The van der Waals surface area contributed by atoms with Gasteiger partial charge < -0.3 is 19.4 Å². The van der Waals surface area contributed by atoms with Gasteiger partial charge in [-0.2, -0.15) is 0 Å². The van der Waals surface area contributed by atoms with Crippen LogP contribution in [0.3, 0.4) is 0 Å². The monoisotopic (exact) mass is 441 g/mol. The number of halogens is 1. The molecule has 0 spiro atoms. The van der Waals surface area contributed by atoms with Gasteiger partial charge >= 0.3 is 13.2 Å². The van der Waals surface area contributed by atoms with Crippen molar-refractivity contribution < 1.29 is 18.8 Å². The average molecular weight is 442 g/mol. The summed E-state index contributed by atoms with van der Waals surface area (Å²) in [5.74, 6) is 0. The third-order valence-corrected chi connectivity index (χ3v) is 6.03. The molecule has 0 bridgehead atoms. The molecule has 0 aromatic heterocycles. The largest absolute Gasteiger partial charge is 0.492 e. The summed E-state index contributed by atoms with van der Waals surface area (Å²) in [6.07, 6.45) is 1.39. The summed E-state index contributed by atoms with van der Waals surface area (Å²) in [4.78, 5) is 12.3. The van der Waals surface area contributed by atoms with Crippen molar-refractivity contribution in [1.82, 2.24) is 5.32 Å². The van der Waals surface area contributed by atoms with Gasteiger partial charge in [-0.05, 0) is 62.8 Å². The Hall–Kier alpha value is -2.28. The number of benzene rings is 2. The number of ether oxygens (including phenoxy) is 1. The zero-order chi connectivity index (χ0) is 22.6. The molecule has 0 unspecified atom stereocenters. The molecule has 164 valence electrons. The van der Waals surface area contributed by atoms with E-state index in [1.54, 1.807) is 0 Å². The van der Waals surface area contributed by atoms with E-state index in [2.05, 4.69) is 5.32 Å². The topological polar surface area (TPSA) is 56.8 Å². The SMILES string of the molecule is Cc1ccc(C=C(CNC(=O)OCc2ccccc2)B2OC(C)(C)C(C)(C)O2)c(Cl)c1. The number of aryl methyl sites for hydroxylation is 1. The van der Waals surface area contributed by atoms with Gasteiger partial charge in [-0.1, -0.05) is 60.1 Å². The number of rotatable bonds is 6. The Morgan fingerprint density at radius 2 is 1.74 bits per heavy atom. The second kappa shape index (κ2) is 9.47. The number of nitrogens with one attached hydrogen (secondary N) is 1. The molecule has 1 heterocycles. The molecular formula is C24H29BClNO4. The van der Waals surface area contributed by atoms with Crippen LogP contribution in [0.4, 0.5) is 4.79 Å². The molecule has 5 nitrogen and oxygen atoms in total. The first-order valence-corrected chi connectivity index (χ1v) is 10.7. The van der Waals surface area contributed by atoms with Crippen molar-refractivity contribution >= 4 is 30.9 Å². The first-order valence-electron chi connectivity index (χ1n) is 10.3. The van der Waals surface area contributed by atoms with Crippen LogP contribution in [0.15, 0.2) is 54.0 Å². The summed E-state index contributed by atoms with van der Waals surface area (Å²) in [5.41, 5.74) is 2.58. The van der Waals surface area contributed by atoms with Crippen LogP contribution < -0.4 is 5.32 Å². The van der Waals surface area contributed by atoms with E-state index >= 15 is 0 Å². The molecule has 7 heteroatoms. The minimum absolute atomic E-state index is 0.200. The molecule has 0 saturated carbocycles. The van der Waals surface area contributed by atoms with Crippen molar-refractivity contribution in [3.05, 3.63) is 75.7 Å². The molecule has 1 aliphatic heterocycles. The number of hydrogen-bond acceptors (Lipinski definition) is 4. The highest BCUT2D eigenvalue weighted by Crippen LogP contribution is 2.39. The van der Waals surface area contributed by atoms with Gasteiger partial charge in [-0.25, -0.2) is 4.79 Å². The summed E-state index contributed by atoms with van der Waals surface area (Å²) >= 11 is 6.43. The second-order valence-electron chi connectivity index (χ2n) is 8.75. The van der Waals surface area contributed by atoms with Gasteiger partial charge in [0.1, 0.15) is 6.61 Å². The molecule has 0 atom stereocenters. The van der Waals surface area contributed by atoms with E-state index in [0.717, 1.165) is 22.2 Å². The molecule has 2 aromatic carbocycles. The lowest BCUT2D eigenvalue weighted by atomic mass is 9.77. The highest BCUT2D eigenvalue weighted by molar-refractivity contribution is 6.56. The lowest BCUT2D eigenvalue weighted by Gasteiger charge is -2.32. The first-order chi connectivity index (χ1) is 14.6. The van der Waals surface area contributed by atoms with Crippen molar-refractivity contribution in [2.75, 3.05) is 6.54 Å². The predicted molar refractivity (Wildman–Crippen MR) is 125 cm³/mol. The van der Waals surface area contributed by atoms with Crippen molar-refractivity contribution in [3.63, 3.8) is 0 Å². The third kappa shape index (κ3) is 5.91. The van der Waals surface area contributed by atoms with Crippen molar-refractivity contribution in [3.8, 4) is 0 Å². The van der Waals surface area contributed by atoms with Gasteiger partial charge in [0.2, 0.25) is 0 Å². The maximum Gasteiger partial charge on any atom is 0.492 e. The molecular weight excluding hydrogens is 413 g/mol. The molecule has 1 N–H and O–H groups in total. The van der Waals surface area contributed by atoms with Gasteiger partial charge in [0.15, 0.2) is 0 Å². The van der Waals surface area contributed by atoms with Crippen LogP contribution in [-0.4, -0.2) is 31.0 Å². The third-order valence-electron chi connectivity index (χ3n) is 5.70. The van der Waals surface area contributed by atoms with Crippen molar-refractivity contribution in [2.45, 2.75) is 52.4 Å². The minimum Gasteiger partial charge on any atom is -0.445 e. The normalized spacial score (nSPS) is 17.5. The quantitative estimate of drug-likeness (QED) is 0.594. The highest BCUT2D eigenvalue weighted by Gasteiger charge is 2.52. The van der Waals surface area contributed by atoms with Crippen LogP contribution >= 0.6 is 11.6 Å². The van der Waals surface area contributed by atoms with E-state index in [0.29, 0.717) is 5.02 Å². The lowest BCUT2D eigenvalue weighted by Crippen LogP contribution is -2.41. The fourth-order valence-corrected chi connectivity index (χ4v) is 3.38. The number of alkyl carbamates (subject to hydrolysis) is 1. The summed E-state index contributed by atoms with van der Waals surface area (Å²) in [5, 5.41) is 3.43. The molecule has 1 amide bonds. The van der Waals surface area contributed by atoms with Crippen LogP contribution in [-0.2, 0) is 20.7 Å². The molecule has 31 heavy (non-hydrogen) atoms. The fraction of sp³-hybridized carbons (Fsp3) is 0.375. The van der Waals surface area contributed by atoms with Gasteiger partial charge in [0.05, 0.1) is 11.2 Å². The summed E-state index contributed by atoms with van der Waals surface area (Å²) < 4.78 is 17.7. The number of carbonyl (C=O) groups is 1. The van der Waals surface area contributed by atoms with Crippen LogP contribution in [0, 0.1) is 6.92 Å². The fourth-order valence-electron chi connectivity index (χ4n) is 3.09.